The molecule has 0 unspecified atom stereocenters. The highest BCUT2D eigenvalue weighted by Crippen LogP contribution is 2.52. The molecule has 0 radical (unpaired) electrons. The highest BCUT2D eigenvalue weighted by molar-refractivity contribution is 7.54. The van der Waals surface area contributed by atoms with Crippen molar-refractivity contribution in [3.63, 3.8) is 0 Å². The third-order valence-electron chi connectivity index (χ3n) is 6.47. The number of carbonyl (C=O) groups excluding carboxylic acids is 1. The molecule has 2 aromatic rings. The van der Waals surface area contributed by atoms with Crippen LogP contribution in [-0.2, 0) is 23.6 Å². The Kier molecular flexibility index (Phi) is 8.38. The zero-order valence-electron chi connectivity index (χ0n) is 19.8. The first-order valence-electron chi connectivity index (χ1n) is 11.7. The summed E-state index contributed by atoms with van der Waals surface area (Å²) in [5, 5.41) is 35.9. The molecule has 1 aliphatic heterocycles. The van der Waals surface area contributed by atoms with Crippen molar-refractivity contribution >= 4 is 42.0 Å². The number of rotatable bonds is 10. The Hall–Kier alpha value is -1.94. The lowest BCUT2D eigenvalue weighted by Gasteiger charge is -2.31. The smallest absolute Gasteiger partial charge is 0.371 e. The number of fused-ring (bicyclic) bond motifs is 1. The summed E-state index contributed by atoms with van der Waals surface area (Å²) >= 11 is 6.14. The Morgan fingerprint density at radius 2 is 2.00 bits per heavy atom. The molecule has 3 heterocycles. The van der Waals surface area contributed by atoms with Gasteiger partial charge in [-0.25, -0.2) is 9.48 Å². The molecule has 37 heavy (non-hydrogen) atoms. The fourth-order valence-electron chi connectivity index (χ4n) is 4.46. The van der Waals surface area contributed by atoms with E-state index in [4.69, 9.17) is 21.1 Å². The van der Waals surface area contributed by atoms with Crippen molar-refractivity contribution in [3.05, 3.63) is 11.5 Å². The van der Waals surface area contributed by atoms with E-state index in [9.17, 15) is 34.5 Å². The van der Waals surface area contributed by atoms with Gasteiger partial charge in [-0.05, 0) is 31.4 Å². The summed E-state index contributed by atoms with van der Waals surface area (Å²) < 4.78 is 28.8. The van der Waals surface area contributed by atoms with Crippen LogP contribution >= 0.6 is 19.2 Å². The van der Waals surface area contributed by atoms with Gasteiger partial charge >= 0.3 is 13.6 Å². The molecule has 1 saturated carbocycles. The van der Waals surface area contributed by atoms with E-state index in [-0.39, 0.29) is 23.6 Å². The molecule has 0 amide bonds. The maximum absolute atomic E-state index is 12.3. The SMILES string of the molecule is CCOC(=O)[C@](CO)(OC[C@H]1O[C@@H](n2ncc3c(NC4CCCC4)nc(Cl)nc32)[C@H](O)[C@@H]1O)P(=O)(O)O. The minimum absolute atomic E-state index is 0.0773. The number of anilines is 1. The maximum Gasteiger partial charge on any atom is 0.371 e. The van der Waals surface area contributed by atoms with Crippen LogP contribution in [0.1, 0.15) is 38.8 Å². The van der Waals surface area contributed by atoms with Gasteiger partial charge in [-0.15, -0.1) is 0 Å². The summed E-state index contributed by atoms with van der Waals surface area (Å²) in [5.74, 6) is -1.02. The average Bonchev–Trinajstić information content (AvgIpc) is 3.55. The Labute approximate surface area is 215 Å². The third-order valence-corrected chi connectivity index (χ3v) is 8.03. The van der Waals surface area contributed by atoms with Crippen LogP contribution in [0.25, 0.3) is 11.0 Å². The predicted octanol–water partition coefficient (Wildman–Crippen LogP) is -0.101. The van der Waals surface area contributed by atoms with Gasteiger partial charge in [-0.2, -0.15) is 15.1 Å². The first kappa shape index (κ1) is 28.1. The number of aliphatic hydroxyl groups excluding tert-OH is 3. The number of esters is 1. The van der Waals surface area contributed by atoms with Crippen molar-refractivity contribution in [2.24, 2.45) is 0 Å². The summed E-state index contributed by atoms with van der Waals surface area (Å²) in [7, 11) is -5.41. The zero-order valence-corrected chi connectivity index (χ0v) is 21.5. The van der Waals surface area contributed by atoms with Crippen LogP contribution in [0.5, 0.6) is 0 Å². The molecular formula is C20H29ClN5O10P. The van der Waals surface area contributed by atoms with Gasteiger partial charge in [0.15, 0.2) is 11.9 Å². The lowest BCUT2D eigenvalue weighted by molar-refractivity contribution is -0.173. The molecule has 5 atom stereocenters. The summed E-state index contributed by atoms with van der Waals surface area (Å²) in [4.78, 5) is 40.2. The van der Waals surface area contributed by atoms with Crippen molar-refractivity contribution in [3.8, 4) is 0 Å². The Morgan fingerprint density at radius 3 is 2.62 bits per heavy atom. The number of hydrogen-bond acceptors (Lipinski definition) is 12. The van der Waals surface area contributed by atoms with Crippen LogP contribution in [0.15, 0.2) is 6.20 Å². The lowest BCUT2D eigenvalue weighted by Crippen LogP contribution is -2.48. The fraction of sp³-hybridized carbons (Fsp3) is 0.700. The number of nitrogens with zero attached hydrogens (tertiary/aromatic N) is 4. The van der Waals surface area contributed by atoms with Crippen molar-refractivity contribution < 1.29 is 48.7 Å². The molecule has 0 bridgehead atoms. The van der Waals surface area contributed by atoms with E-state index in [1.807, 2.05) is 0 Å². The van der Waals surface area contributed by atoms with E-state index in [1.54, 1.807) is 0 Å². The number of ether oxygens (including phenoxy) is 3. The van der Waals surface area contributed by atoms with Crippen LogP contribution in [0.4, 0.5) is 5.82 Å². The first-order chi connectivity index (χ1) is 17.5. The van der Waals surface area contributed by atoms with Gasteiger partial charge in [0.05, 0.1) is 31.4 Å². The van der Waals surface area contributed by atoms with Gasteiger partial charge in [-0.1, -0.05) is 12.8 Å². The van der Waals surface area contributed by atoms with E-state index in [2.05, 4.69) is 25.1 Å². The number of hydrogen-bond donors (Lipinski definition) is 6. The fourth-order valence-corrected chi connectivity index (χ4v) is 5.35. The van der Waals surface area contributed by atoms with Crippen LogP contribution < -0.4 is 5.32 Å². The summed E-state index contributed by atoms with van der Waals surface area (Å²) in [5.41, 5.74) is 0.213. The van der Waals surface area contributed by atoms with Gasteiger partial charge < -0.3 is 44.6 Å². The molecule has 2 aliphatic rings. The summed E-state index contributed by atoms with van der Waals surface area (Å²) in [6.45, 7) is -1.02. The number of aromatic nitrogens is 4. The van der Waals surface area contributed by atoms with E-state index < -0.39 is 56.7 Å². The average molecular weight is 566 g/mol. The maximum atomic E-state index is 12.3. The second-order valence-electron chi connectivity index (χ2n) is 8.86. The number of carbonyl (C=O) groups is 1. The molecule has 206 valence electrons. The molecular weight excluding hydrogens is 537 g/mol. The molecule has 2 fully saturated rings. The second-order valence-corrected chi connectivity index (χ2v) is 11.0. The van der Waals surface area contributed by atoms with E-state index in [1.165, 1.54) is 17.8 Å². The van der Waals surface area contributed by atoms with Crippen LogP contribution in [0.2, 0.25) is 5.28 Å². The molecule has 17 heteroatoms. The summed E-state index contributed by atoms with van der Waals surface area (Å²) in [6, 6.07) is 0.217. The number of halogens is 1. The predicted molar refractivity (Wildman–Crippen MR) is 127 cm³/mol. The summed E-state index contributed by atoms with van der Waals surface area (Å²) in [6.07, 6.45) is -0.258. The third kappa shape index (κ3) is 5.33. The standard InChI is InChI=1S/C20H29ClN5O10P/c1-2-34-18(30)20(9-27,37(31,32)33)35-8-12-13(28)14(29)17(36-12)26-16-11(7-22-26)15(24-19(21)25-16)23-10-5-3-4-6-10/h7,10,12-14,17,27-29H,2-6,8-9H2,1H3,(H,23,24,25)(H2,31,32,33)/t12-,13-,14-,17-,20-/m1/s1. The quantitative estimate of drug-likeness (QED) is 0.126. The van der Waals surface area contributed by atoms with Gasteiger partial charge in [0.25, 0.3) is 5.34 Å². The van der Waals surface area contributed by atoms with E-state index in [0.29, 0.717) is 11.2 Å². The molecule has 4 rings (SSSR count). The largest absolute Gasteiger partial charge is 0.463 e. The molecule has 0 spiro atoms. The number of aliphatic hydroxyl groups is 3. The normalized spacial score (nSPS) is 26.5. The van der Waals surface area contributed by atoms with Crippen LogP contribution in [-0.4, -0.2) is 100 Å². The molecule has 6 N–H and O–H groups in total. The molecule has 2 aromatic heterocycles. The van der Waals surface area contributed by atoms with Crippen LogP contribution in [0.3, 0.4) is 0 Å². The Bertz CT molecular complexity index is 1170. The van der Waals surface area contributed by atoms with Crippen molar-refractivity contribution in [2.45, 2.75) is 68.5 Å². The molecule has 0 aromatic carbocycles. The minimum atomic E-state index is -5.41. The molecule has 1 saturated heterocycles. The van der Waals surface area contributed by atoms with E-state index in [0.717, 1.165) is 25.7 Å². The van der Waals surface area contributed by atoms with E-state index >= 15 is 0 Å². The topological polar surface area (TPSA) is 219 Å². The minimum Gasteiger partial charge on any atom is -0.463 e. The van der Waals surface area contributed by atoms with Gasteiger partial charge in [-0.3, -0.25) is 4.57 Å². The Morgan fingerprint density at radius 1 is 1.30 bits per heavy atom. The Balaban J connectivity index is 1.57. The molecule has 1 aliphatic carbocycles. The first-order valence-corrected chi connectivity index (χ1v) is 13.7. The highest BCUT2D eigenvalue weighted by Gasteiger charge is 2.58. The van der Waals surface area contributed by atoms with Crippen LogP contribution in [0, 0.1) is 0 Å². The number of nitrogens with one attached hydrogen (secondary N) is 1. The van der Waals surface area contributed by atoms with Gasteiger partial charge in [0, 0.05) is 6.04 Å². The highest BCUT2D eigenvalue weighted by atomic mass is 35.5. The van der Waals surface area contributed by atoms with Crippen molar-refractivity contribution in [1.29, 1.82) is 0 Å². The monoisotopic (exact) mass is 565 g/mol. The molecule has 15 nitrogen and oxygen atoms in total. The lowest BCUT2D eigenvalue weighted by atomic mass is 10.1. The van der Waals surface area contributed by atoms with Gasteiger partial charge in [0.2, 0.25) is 5.28 Å². The van der Waals surface area contributed by atoms with Gasteiger partial charge in [0.1, 0.15) is 24.1 Å². The second kappa shape index (κ2) is 11.0. The van der Waals surface area contributed by atoms with Crippen molar-refractivity contribution in [1.82, 2.24) is 19.7 Å². The van der Waals surface area contributed by atoms with Crippen molar-refractivity contribution in [2.75, 3.05) is 25.1 Å². The zero-order chi connectivity index (χ0) is 27.0.